The summed E-state index contributed by atoms with van der Waals surface area (Å²) in [6, 6.07) is 20.9. The van der Waals surface area contributed by atoms with Crippen molar-refractivity contribution in [3.05, 3.63) is 95.6 Å². The number of hydrogen-bond acceptors (Lipinski definition) is 6. The molecule has 0 aliphatic carbocycles. The van der Waals surface area contributed by atoms with Gasteiger partial charge in [0.15, 0.2) is 6.29 Å². The highest BCUT2D eigenvalue weighted by Gasteiger charge is 2.28. The van der Waals surface area contributed by atoms with Crippen molar-refractivity contribution in [2.24, 2.45) is 0 Å². The first-order valence-corrected chi connectivity index (χ1v) is 12.0. The Hall–Kier alpha value is -2.52. The predicted octanol–water partition coefficient (Wildman–Crippen LogP) is 3.98. The van der Waals surface area contributed by atoms with E-state index in [2.05, 4.69) is 0 Å². The molecule has 0 bridgehead atoms. The van der Waals surface area contributed by atoms with Gasteiger partial charge in [0.2, 0.25) is 0 Å². The van der Waals surface area contributed by atoms with Crippen LogP contribution in [0.15, 0.2) is 88.7 Å². The summed E-state index contributed by atoms with van der Waals surface area (Å²) >= 11 is 0. The lowest BCUT2D eigenvalue weighted by atomic mass is 10.1. The average Bonchev–Trinajstić information content (AvgIpc) is 2.69. The lowest BCUT2D eigenvalue weighted by Gasteiger charge is -2.18. The van der Waals surface area contributed by atoms with E-state index in [9.17, 15) is 16.8 Å². The van der Waals surface area contributed by atoms with E-state index in [-0.39, 0.29) is 16.2 Å². The molecular weight excluding hydrogens is 424 g/mol. The van der Waals surface area contributed by atoms with Crippen molar-refractivity contribution >= 4 is 20.2 Å². The molecule has 0 aliphatic rings. The van der Waals surface area contributed by atoms with E-state index in [0.29, 0.717) is 5.56 Å². The Morgan fingerprint density at radius 3 is 1.43 bits per heavy atom. The molecule has 0 fully saturated rings. The normalized spacial score (nSPS) is 12.2. The minimum atomic E-state index is -4.25. The third-order valence-corrected chi connectivity index (χ3v) is 6.97. The van der Waals surface area contributed by atoms with Gasteiger partial charge in [-0.2, -0.15) is 16.8 Å². The monoisotopic (exact) mass is 446 g/mol. The maximum absolute atomic E-state index is 12.7. The minimum absolute atomic E-state index is 0.0724. The molecule has 3 aromatic rings. The van der Waals surface area contributed by atoms with Gasteiger partial charge in [-0.15, -0.1) is 0 Å². The number of benzene rings is 3. The summed E-state index contributed by atoms with van der Waals surface area (Å²) in [7, 11) is -8.49. The van der Waals surface area contributed by atoms with E-state index in [1.807, 2.05) is 13.8 Å². The smallest absolute Gasteiger partial charge is 0.233 e. The van der Waals surface area contributed by atoms with Crippen LogP contribution in [-0.2, 0) is 35.0 Å². The summed E-state index contributed by atoms with van der Waals surface area (Å²) in [6.07, 6.45) is -1.64. The Labute approximate surface area is 177 Å². The average molecular weight is 447 g/mol. The van der Waals surface area contributed by atoms with Crippen LogP contribution in [0.3, 0.4) is 0 Å². The molecule has 0 aliphatic heterocycles. The molecule has 0 spiro atoms. The molecule has 0 aromatic heterocycles. The van der Waals surface area contributed by atoms with Crippen molar-refractivity contribution in [1.29, 1.82) is 0 Å². The summed E-state index contributed by atoms with van der Waals surface area (Å²) in [5, 5.41) is 0. The predicted molar refractivity (Wildman–Crippen MR) is 113 cm³/mol. The molecule has 0 amide bonds. The molecule has 3 rings (SSSR count). The molecule has 158 valence electrons. The second-order valence-corrected chi connectivity index (χ2v) is 9.99. The molecule has 0 saturated carbocycles. The van der Waals surface area contributed by atoms with Crippen molar-refractivity contribution in [1.82, 2.24) is 0 Å². The van der Waals surface area contributed by atoms with Crippen LogP contribution in [0.1, 0.15) is 16.7 Å². The fraction of sp³-hybridized carbons (Fsp3) is 0.182. The van der Waals surface area contributed by atoms with E-state index >= 15 is 0 Å². The van der Waals surface area contributed by atoms with E-state index < -0.39 is 26.5 Å². The standard InChI is InChI=1S/C22H22O6S2/c1-17-8-12-20(13-9-17)29(23,24)27-22(16-19-6-4-3-5-7-19)28-30(25,26)21-14-10-18(2)11-15-21/h3-15,22H,16H2,1-2H3. The minimum Gasteiger partial charge on any atom is -0.233 e. The molecule has 0 N–H and O–H groups in total. The van der Waals surface area contributed by atoms with Gasteiger partial charge in [-0.3, -0.25) is 0 Å². The summed E-state index contributed by atoms with van der Waals surface area (Å²) in [5.41, 5.74) is 2.43. The molecule has 0 heterocycles. The highest BCUT2D eigenvalue weighted by molar-refractivity contribution is 7.87. The summed E-state index contributed by atoms with van der Waals surface area (Å²) in [6.45, 7) is 3.65. The van der Waals surface area contributed by atoms with E-state index in [4.69, 9.17) is 8.37 Å². The van der Waals surface area contributed by atoms with Crippen LogP contribution in [0, 0.1) is 13.8 Å². The fourth-order valence-corrected chi connectivity index (χ4v) is 4.68. The molecule has 0 atom stereocenters. The quantitative estimate of drug-likeness (QED) is 0.384. The molecule has 30 heavy (non-hydrogen) atoms. The summed E-state index contributed by atoms with van der Waals surface area (Å²) in [4.78, 5) is -0.162. The van der Waals surface area contributed by atoms with Gasteiger partial charge in [-0.1, -0.05) is 65.7 Å². The Morgan fingerprint density at radius 1 is 0.633 bits per heavy atom. The number of rotatable bonds is 8. The highest BCUT2D eigenvalue weighted by atomic mass is 32.2. The Balaban J connectivity index is 1.90. The zero-order valence-electron chi connectivity index (χ0n) is 16.6. The molecule has 0 radical (unpaired) electrons. The molecule has 3 aromatic carbocycles. The van der Waals surface area contributed by atoms with Crippen LogP contribution in [0.25, 0.3) is 0 Å². The van der Waals surface area contributed by atoms with E-state index in [1.54, 1.807) is 54.6 Å². The van der Waals surface area contributed by atoms with Gasteiger partial charge in [0, 0.05) is 6.42 Å². The van der Waals surface area contributed by atoms with Gasteiger partial charge in [0.05, 0.1) is 9.79 Å². The maximum atomic E-state index is 12.7. The van der Waals surface area contributed by atoms with Gasteiger partial charge in [-0.05, 0) is 43.7 Å². The Kier molecular flexibility index (Phi) is 6.72. The summed E-state index contributed by atoms with van der Waals surface area (Å²) in [5.74, 6) is 0. The zero-order valence-corrected chi connectivity index (χ0v) is 18.2. The lowest BCUT2D eigenvalue weighted by molar-refractivity contribution is 0.0182. The van der Waals surface area contributed by atoms with Crippen molar-refractivity contribution in [3.63, 3.8) is 0 Å². The van der Waals surface area contributed by atoms with E-state index in [1.165, 1.54) is 24.3 Å². The molecule has 6 nitrogen and oxygen atoms in total. The maximum Gasteiger partial charge on any atom is 0.299 e. The van der Waals surface area contributed by atoms with Crippen molar-refractivity contribution in [3.8, 4) is 0 Å². The third kappa shape index (κ3) is 5.76. The van der Waals surface area contributed by atoms with Crippen LogP contribution in [-0.4, -0.2) is 23.1 Å². The van der Waals surface area contributed by atoms with Crippen LogP contribution in [0.4, 0.5) is 0 Å². The number of aryl methyl sites for hydroxylation is 2. The fourth-order valence-electron chi connectivity index (χ4n) is 2.69. The second-order valence-electron chi connectivity index (χ2n) is 6.85. The SMILES string of the molecule is Cc1ccc(S(=O)(=O)OC(Cc2ccccc2)OS(=O)(=O)c2ccc(C)cc2)cc1. The Morgan fingerprint density at radius 2 is 1.03 bits per heavy atom. The van der Waals surface area contributed by atoms with Gasteiger partial charge >= 0.3 is 0 Å². The van der Waals surface area contributed by atoms with Gasteiger partial charge in [0.1, 0.15) is 0 Å². The van der Waals surface area contributed by atoms with Crippen LogP contribution in [0.2, 0.25) is 0 Å². The number of hydrogen-bond donors (Lipinski definition) is 0. The van der Waals surface area contributed by atoms with Crippen LogP contribution < -0.4 is 0 Å². The molecular formula is C22H22O6S2. The van der Waals surface area contributed by atoms with Gasteiger partial charge < -0.3 is 0 Å². The van der Waals surface area contributed by atoms with Crippen molar-refractivity contribution in [2.45, 2.75) is 36.3 Å². The van der Waals surface area contributed by atoms with Crippen molar-refractivity contribution in [2.75, 3.05) is 0 Å². The van der Waals surface area contributed by atoms with Crippen molar-refractivity contribution < 1.29 is 25.2 Å². The highest BCUT2D eigenvalue weighted by Crippen LogP contribution is 2.22. The largest absolute Gasteiger partial charge is 0.299 e. The third-order valence-electron chi connectivity index (χ3n) is 4.33. The van der Waals surface area contributed by atoms with Gasteiger partial charge in [-0.25, -0.2) is 8.37 Å². The molecule has 0 saturated heterocycles. The Bertz CT molecular complexity index is 1110. The molecule has 0 unspecified atom stereocenters. The zero-order chi connectivity index (χ0) is 21.8. The topological polar surface area (TPSA) is 86.7 Å². The van der Waals surface area contributed by atoms with Crippen LogP contribution >= 0.6 is 0 Å². The first kappa shape index (κ1) is 22.2. The summed E-state index contributed by atoms with van der Waals surface area (Å²) < 4.78 is 61.3. The second kappa shape index (κ2) is 9.09. The lowest BCUT2D eigenvalue weighted by Crippen LogP contribution is -2.27. The van der Waals surface area contributed by atoms with Gasteiger partial charge in [0.25, 0.3) is 20.2 Å². The molecule has 8 heteroatoms. The van der Waals surface area contributed by atoms with Crippen LogP contribution in [0.5, 0.6) is 0 Å². The first-order valence-electron chi connectivity index (χ1n) is 9.19. The van der Waals surface area contributed by atoms with E-state index in [0.717, 1.165) is 11.1 Å². The first-order chi connectivity index (χ1) is 14.2.